The van der Waals surface area contributed by atoms with Crippen molar-refractivity contribution in [1.82, 2.24) is 39.5 Å². The first kappa shape index (κ1) is 35.8. The van der Waals surface area contributed by atoms with Crippen LogP contribution in [0.25, 0.3) is 22.1 Å². The minimum absolute atomic E-state index is 0.0140. The molecule has 2 aromatic heterocycles. The summed E-state index contributed by atoms with van der Waals surface area (Å²) in [5.41, 5.74) is 5.05. The fourth-order valence-electron chi connectivity index (χ4n) is 9.13. The van der Waals surface area contributed by atoms with Crippen LogP contribution in [-0.4, -0.2) is 101 Å². The molecule has 8 rings (SSSR count). The van der Waals surface area contributed by atoms with Crippen LogP contribution in [0.1, 0.15) is 114 Å². The molecule has 0 aliphatic carbocycles. The Morgan fingerprint density at radius 3 is 1.44 bits per heavy atom. The van der Waals surface area contributed by atoms with E-state index in [0.717, 1.165) is 83.4 Å². The number of rotatable bonds is 8. The van der Waals surface area contributed by atoms with Gasteiger partial charge in [0.05, 0.1) is 34.2 Å². The molecule has 0 spiro atoms. The molecule has 4 aliphatic rings. The Kier molecular flexibility index (Phi) is 9.67. The number of hydrogen-bond donors (Lipinski definition) is 2. The van der Waals surface area contributed by atoms with Crippen LogP contribution in [0.2, 0.25) is 0 Å². The molecule has 4 saturated heterocycles. The lowest BCUT2D eigenvalue weighted by atomic mass is 10.0. The van der Waals surface area contributed by atoms with Gasteiger partial charge in [0.2, 0.25) is 23.6 Å². The largest absolute Gasteiger partial charge is 0.340 e. The molecule has 4 aliphatic heterocycles. The summed E-state index contributed by atoms with van der Waals surface area (Å²) in [5.74, 6) is 8.36. The third-order valence-electron chi connectivity index (χ3n) is 11.7. The molecular weight excluding hydrogens is 681 g/mol. The molecule has 4 atom stereocenters. The van der Waals surface area contributed by atoms with Gasteiger partial charge >= 0.3 is 0 Å². The summed E-state index contributed by atoms with van der Waals surface area (Å²) in [6.07, 6.45) is 6.06. The Hall–Kier alpha value is -5.18. The number of aromatic amines is 2. The molecule has 282 valence electrons. The molecule has 0 bridgehead atoms. The van der Waals surface area contributed by atoms with Crippen LogP contribution in [0.5, 0.6) is 0 Å². The second kappa shape index (κ2) is 14.6. The molecule has 0 saturated carbocycles. The first-order valence-corrected chi connectivity index (χ1v) is 19.8. The van der Waals surface area contributed by atoms with Crippen molar-refractivity contribution < 1.29 is 19.2 Å². The lowest BCUT2D eigenvalue weighted by Crippen LogP contribution is -2.51. The molecule has 4 amide bonds. The van der Waals surface area contributed by atoms with Crippen molar-refractivity contribution >= 4 is 45.7 Å². The molecule has 6 heterocycles. The molecule has 54 heavy (non-hydrogen) atoms. The maximum absolute atomic E-state index is 13.9. The number of hydrogen-bond acceptors (Lipinski definition) is 6. The maximum atomic E-state index is 13.9. The van der Waals surface area contributed by atoms with Gasteiger partial charge in [-0.15, -0.1) is 0 Å². The van der Waals surface area contributed by atoms with E-state index in [1.54, 1.807) is 9.80 Å². The number of nitrogens with one attached hydrogen (secondary N) is 2. The highest BCUT2D eigenvalue weighted by Gasteiger charge is 2.43. The summed E-state index contributed by atoms with van der Waals surface area (Å²) in [6.45, 7) is 10.7. The van der Waals surface area contributed by atoms with E-state index >= 15 is 0 Å². The second-order valence-corrected chi connectivity index (χ2v) is 16.1. The van der Waals surface area contributed by atoms with Crippen molar-refractivity contribution in [2.24, 2.45) is 11.8 Å². The molecule has 4 aromatic rings. The van der Waals surface area contributed by atoms with Crippen LogP contribution in [0.3, 0.4) is 0 Å². The normalized spacial score (nSPS) is 21.7. The highest BCUT2D eigenvalue weighted by Crippen LogP contribution is 2.36. The number of carbonyl (C=O) groups excluding carboxylic acids is 4. The number of benzene rings is 2. The molecule has 12 nitrogen and oxygen atoms in total. The van der Waals surface area contributed by atoms with E-state index in [-0.39, 0.29) is 47.5 Å². The van der Waals surface area contributed by atoms with Crippen LogP contribution in [0, 0.1) is 23.7 Å². The standard InChI is InChI=1S/C42H50N8O4/c1-25(2)37(49-21-7-11-35(49)51)41(53)47-19-5-9-33(47)39-43-29-17-15-27(23-31(29)45-39)13-14-28-16-18-30-32(24-28)46-40(44-30)34-10-6-20-48(34)42(54)38(26(3)4)50-22-8-12-36(50)52/h15-18,23-26,33-34,37-38H,5-12,19-22H2,1-4H3,(H,43,45)(H,44,46)/t33-,34-,37-,38?/m0/s1. The minimum Gasteiger partial charge on any atom is -0.340 e. The number of fused-ring (bicyclic) bond motifs is 2. The summed E-state index contributed by atoms with van der Waals surface area (Å²) < 4.78 is 0. The Balaban J connectivity index is 0.982. The van der Waals surface area contributed by atoms with Crippen molar-refractivity contribution in [3.05, 3.63) is 59.2 Å². The number of amides is 4. The van der Waals surface area contributed by atoms with Gasteiger partial charge in [-0.3, -0.25) is 19.2 Å². The molecule has 4 fully saturated rings. The minimum atomic E-state index is -0.448. The SMILES string of the molecule is CC(C)C(C(=O)N1CCC[C@H]1c1nc2ccc(C#Cc3ccc4nc([C@@H]5CCCN5C(=O)[C@H](C(C)C)N5CCCC5=O)[nH]c4c3)cc2[nH]1)N1CCCC1=O. The van der Waals surface area contributed by atoms with Gasteiger partial charge in [0.1, 0.15) is 23.7 Å². The Bertz CT molecular complexity index is 2020. The van der Waals surface area contributed by atoms with Gasteiger partial charge in [-0.1, -0.05) is 39.5 Å². The zero-order valence-corrected chi connectivity index (χ0v) is 31.7. The van der Waals surface area contributed by atoms with Crippen molar-refractivity contribution in [1.29, 1.82) is 0 Å². The monoisotopic (exact) mass is 730 g/mol. The lowest BCUT2D eigenvalue weighted by Gasteiger charge is -2.35. The van der Waals surface area contributed by atoms with E-state index in [4.69, 9.17) is 9.97 Å². The van der Waals surface area contributed by atoms with Crippen LogP contribution in [0.15, 0.2) is 36.4 Å². The quantitative estimate of drug-likeness (QED) is 0.231. The van der Waals surface area contributed by atoms with E-state index < -0.39 is 12.1 Å². The third-order valence-corrected chi connectivity index (χ3v) is 11.7. The summed E-state index contributed by atoms with van der Waals surface area (Å²) >= 11 is 0. The highest BCUT2D eigenvalue weighted by atomic mass is 16.2. The van der Waals surface area contributed by atoms with E-state index in [0.29, 0.717) is 39.0 Å². The average molecular weight is 731 g/mol. The first-order chi connectivity index (χ1) is 26.1. The lowest BCUT2D eigenvalue weighted by molar-refractivity contribution is -0.146. The van der Waals surface area contributed by atoms with E-state index in [1.807, 2.05) is 73.9 Å². The summed E-state index contributed by atoms with van der Waals surface area (Å²) in [5, 5.41) is 0. The predicted molar refractivity (Wildman–Crippen MR) is 205 cm³/mol. The van der Waals surface area contributed by atoms with Gasteiger partial charge in [0.25, 0.3) is 0 Å². The molecule has 12 heteroatoms. The predicted octanol–water partition coefficient (Wildman–Crippen LogP) is 5.46. The maximum Gasteiger partial charge on any atom is 0.246 e. The second-order valence-electron chi connectivity index (χ2n) is 16.1. The van der Waals surface area contributed by atoms with Crippen LogP contribution in [-0.2, 0) is 19.2 Å². The Morgan fingerprint density at radius 2 is 1.07 bits per heavy atom. The van der Waals surface area contributed by atoms with Crippen molar-refractivity contribution in [2.45, 2.75) is 103 Å². The van der Waals surface area contributed by atoms with Crippen molar-refractivity contribution in [3.63, 3.8) is 0 Å². The van der Waals surface area contributed by atoms with Crippen LogP contribution in [0.4, 0.5) is 0 Å². The number of H-pyrrole nitrogens is 2. The van der Waals surface area contributed by atoms with Gasteiger partial charge in [0, 0.05) is 50.1 Å². The van der Waals surface area contributed by atoms with Crippen molar-refractivity contribution in [2.75, 3.05) is 26.2 Å². The Labute approximate surface area is 316 Å². The number of aromatic nitrogens is 4. The average Bonchev–Trinajstić information content (AvgIpc) is 4.00. The zero-order valence-electron chi connectivity index (χ0n) is 31.7. The van der Waals surface area contributed by atoms with Crippen molar-refractivity contribution in [3.8, 4) is 11.8 Å². The number of likely N-dealkylation sites (tertiary alicyclic amines) is 4. The van der Waals surface area contributed by atoms with E-state index in [1.165, 1.54) is 0 Å². The first-order valence-electron chi connectivity index (χ1n) is 19.8. The van der Waals surface area contributed by atoms with E-state index in [9.17, 15) is 19.2 Å². The van der Waals surface area contributed by atoms with Crippen LogP contribution >= 0.6 is 0 Å². The molecular formula is C42H50N8O4. The smallest absolute Gasteiger partial charge is 0.246 e. The zero-order chi connectivity index (χ0) is 37.7. The van der Waals surface area contributed by atoms with Gasteiger partial charge in [-0.25, -0.2) is 9.97 Å². The fraction of sp³-hybridized carbons (Fsp3) is 0.524. The topological polar surface area (TPSA) is 139 Å². The van der Waals surface area contributed by atoms with Crippen LogP contribution < -0.4 is 0 Å². The molecule has 2 N–H and O–H groups in total. The number of nitrogens with zero attached hydrogens (tertiary/aromatic N) is 6. The summed E-state index contributed by atoms with van der Waals surface area (Å²) in [6, 6.07) is 10.6. The van der Waals surface area contributed by atoms with Gasteiger partial charge < -0.3 is 29.6 Å². The number of imidazole rings is 2. The summed E-state index contributed by atoms with van der Waals surface area (Å²) in [4.78, 5) is 77.2. The Morgan fingerprint density at radius 1 is 0.648 bits per heavy atom. The number of carbonyl (C=O) groups is 4. The van der Waals surface area contributed by atoms with Gasteiger partial charge in [0.15, 0.2) is 0 Å². The molecule has 1 unspecified atom stereocenters. The molecule has 0 radical (unpaired) electrons. The highest BCUT2D eigenvalue weighted by molar-refractivity contribution is 5.90. The van der Waals surface area contributed by atoms with Gasteiger partial charge in [-0.05, 0) is 86.8 Å². The third kappa shape index (κ3) is 6.62. The fourth-order valence-corrected chi connectivity index (χ4v) is 9.13. The van der Waals surface area contributed by atoms with E-state index in [2.05, 4.69) is 21.8 Å². The molecule has 2 aromatic carbocycles. The van der Waals surface area contributed by atoms with Gasteiger partial charge in [-0.2, -0.15) is 0 Å². The summed E-state index contributed by atoms with van der Waals surface area (Å²) in [7, 11) is 0.